The van der Waals surface area contributed by atoms with E-state index in [0.29, 0.717) is 29.8 Å². The number of hydrogen-bond donors (Lipinski definition) is 1. The third kappa shape index (κ3) is 4.85. The van der Waals surface area contributed by atoms with E-state index < -0.39 is 12.1 Å². The van der Waals surface area contributed by atoms with Crippen molar-refractivity contribution in [2.45, 2.75) is 32.3 Å². The van der Waals surface area contributed by atoms with Crippen molar-refractivity contribution in [2.75, 3.05) is 13.1 Å². The van der Waals surface area contributed by atoms with Gasteiger partial charge in [0.15, 0.2) is 6.10 Å². The lowest BCUT2D eigenvalue weighted by atomic mass is 9.90. The van der Waals surface area contributed by atoms with E-state index in [1.165, 1.54) is 5.56 Å². The molecule has 1 aliphatic rings. The van der Waals surface area contributed by atoms with Crippen molar-refractivity contribution < 1.29 is 14.3 Å². The van der Waals surface area contributed by atoms with Crippen molar-refractivity contribution in [3.05, 3.63) is 82.3 Å². The third-order valence-corrected chi connectivity index (χ3v) is 5.90. The monoisotopic (exact) mass is 418 g/mol. The molecule has 6 nitrogen and oxygen atoms in total. The summed E-state index contributed by atoms with van der Waals surface area (Å²) in [6.45, 7) is 2.89. The lowest BCUT2D eigenvalue weighted by molar-refractivity contribution is -0.141. The Balaban J connectivity index is 1.33. The Bertz CT molecular complexity index is 1130. The van der Waals surface area contributed by atoms with Crippen LogP contribution in [0.15, 0.2) is 65.5 Å². The van der Waals surface area contributed by atoms with Gasteiger partial charge in [-0.25, -0.2) is 4.79 Å². The molecule has 1 fully saturated rings. The van der Waals surface area contributed by atoms with Gasteiger partial charge in [-0.15, -0.1) is 0 Å². The second-order valence-electron chi connectivity index (χ2n) is 8.11. The molecule has 1 N–H and O–H groups in total. The molecular formula is C25H26N2O4. The van der Waals surface area contributed by atoms with Crippen LogP contribution in [0.5, 0.6) is 0 Å². The Labute approximate surface area is 180 Å². The van der Waals surface area contributed by atoms with Crippen molar-refractivity contribution in [3.63, 3.8) is 0 Å². The Morgan fingerprint density at radius 2 is 1.74 bits per heavy atom. The zero-order chi connectivity index (χ0) is 21.8. The van der Waals surface area contributed by atoms with Crippen LogP contribution in [-0.4, -0.2) is 41.0 Å². The van der Waals surface area contributed by atoms with E-state index in [0.717, 1.165) is 19.3 Å². The minimum atomic E-state index is -0.909. The van der Waals surface area contributed by atoms with Crippen molar-refractivity contribution in [1.82, 2.24) is 9.88 Å². The van der Waals surface area contributed by atoms with Gasteiger partial charge in [0.1, 0.15) is 5.69 Å². The number of H-pyrrole nitrogens is 1. The molecule has 1 atom stereocenters. The maximum Gasteiger partial charge on any atom is 0.355 e. The van der Waals surface area contributed by atoms with Gasteiger partial charge in [-0.3, -0.25) is 9.59 Å². The van der Waals surface area contributed by atoms with Crippen LogP contribution in [0.25, 0.3) is 10.8 Å². The Kier molecular flexibility index (Phi) is 6.16. The highest BCUT2D eigenvalue weighted by molar-refractivity contribution is 5.94. The molecule has 1 aliphatic heterocycles. The fourth-order valence-electron chi connectivity index (χ4n) is 4.16. The standard InChI is InChI=1S/C25H26N2O4/c1-17(31-25(30)22-16-20-9-5-6-10-21(20)23(28)26-22)24(29)27-13-11-19(12-14-27)15-18-7-3-2-4-8-18/h2-10,16-17,19H,11-15H2,1H3,(H,26,28). The first-order valence-corrected chi connectivity index (χ1v) is 10.7. The fourth-order valence-corrected chi connectivity index (χ4v) is 4.16. The molecule has 2 heterocycles. The molecular weight excluding hydrogens is 392 g/mol. The van der Waals surface area contributed by atoms with Gasteiger partial charge in [0.2, 0.25) is 0 Å². The predicted octanol–water partition coefficient (Wildman–Crippen LogP) is 3.55. The van der Waals surface area contributed by atoms with Crippen molar-refractivity contribution in [3.8, 4) is 0 Å². The number of hydrogen-bond acceptors (Lipinski definition) is 4. The number of carbonyl (C=O) groups is 2. The number of piperidine rings is 1. The largest absolute Gasteiger partial charge is 0.448 e. The maximum atomic E-state index is 12.8. The van der Waals surface area contributed by atoms with Gasteiger partial charge < -0.3 is 14.6 Å². The number of carbonyl (C=O) groups excluding carboxylic acids is 2. The molecule has 1 unspecified atom stereocenters. The number of aromatic nitrogens is 1. The molecule has 31 heavy (non-hydrogen) atoms. The topological polar surface area (TPSA) is 79.5 Å². The highest BCUT2D eigenvalue weighted by Crippen LogP contribution is 2.22. The molecule has 6 heteroatoms. The quantitative estimate of drug-likeness (QED) is 0.643. The van der Waals surface area contributed by atoms with Gasteiger partial charge in [-0.2, -0.15) is 0 Å². The zero-order valence-electron chi connectivity index (χ0n) is 17.5. The Hall–Kier alpha value is -3.41. The average Bonchev–Trinajstić information content (AvgIpc) is 2.79. The molecule has 2 aromatic carbocycles. The van der Waals surface area contributed by atoms with Gasteiger partial charge in [0.05, 0.1) is 0 Å². The summed E-state index contributed by atoms with van der Waals surface area (Å²) in [7, 11) is 0. The number of aromatic amines is 1. The number of rotatable bonds is 5. The molecule has 0 spiro atoms. The number of nitrogens with zero attached hydrogens (tertiary/aromatic N) is 1. The van der Waals surface area contributed by atoms with E-state index in [1.54, 1.807) is 42.2 Å². The summed E-state index contributed by atoms with van der Waals surface area (Å²) in [5.74, 6) is -0.357. The summed E-state index contributed by atoms with van der Waals surface area (Å²) >= 11 is 0. The van der Waals surface area contributed by atoms with Crippen LogP contribution in [0.1, 0.15) is 35.8 Å². The van der Waals surface area contributed by atoms with Crippen LogP contribution in [0.3, 0.4) is 0 Å². The van der Waals surface area contributed by atoms with Gasteiger partial charge in [0, 0.05) is 18.5 Å². The lowest BCUT2D eigenvalue weighted by Gasteiger charge is -2.33. The second-order valence-corrected chi connectivity index (χ2v) is 8.11. The molecule has 4 rings (SSSR count). The molecule has 0 aliphatic carbocycles. The van der Waals surface area contributed by atoms with Crippen LogP contribution in [-0.2, 0) is 16.0 Å². The van der Waals surface area contributed by atoms with Crippen LogP contribution < -0.4 is 5.56 Å². The molecule has 1 amide bonds. The summed E-state index contributed by atoms with van der Waals surface area (Å²) in [6, 6.07) is 19.0. The normalized spacial score (nSPS) is 15.6. The number of nitrogens with one attached hydrogen (secondary N) is 1. The highest BCUT2D eigenvalue weighted by Gasteiger charge is 2.28. The third-order valence-electron chi connectivity index (χ3n) is 5.90. The van der Waals surface area contributed by atoms with Crippen LogP contribution in [0.2, 0.25) is 0 Å². The number of amides is 1. The second kappa shape index (κ2) is 9.16. The van der Waals surface area contributed by atoms with Crippen molar-refractivity contribution >= 4 is 22.6 Å². The first kappa shape index (κ1) is 20.8. The van der Waals surface area contributed by atoms with E-state index in [4.69, 9.17) is 4.74 Å². The van der Waals surface area contributed by atoms with Crippen molar-refractivity contribution in [2.24, 2.45) is 5.92 Å². The number of benzene rings is 2. The maximum absolute atomic E-state index is 12.8. The van der Waals surface area contributed by atoms with Crippen LogP contribution in [0.4, 0.5) is 0 Å². The van der Waals surface area contributed by atoms with E-state index in [2.05, 4.69) is 17.1 Å². The first-order valence-electron chi connectivity index (χ1n) is 10.7. The molecule has 160 valence electrons. The van der Waals surface area contributed by atoms with Gasteiger partial charge in [-0.1, -0.05) is 48.5 Å². The number of ether oxygens (including phenoxy) is 1. The number of pyridine rings is 1. The highest BCUT2D eigenvalue weighted by atomic mass is 16.5. The summed E-state index contributed by atoms with van der Waals surface area (Å²) in [5.41, 5.74) is 1.01. The smallest absolute Gasteiger partial charge is 0.355 e. The molecule has 1 aromatic heterocycles. The van der Waals surface area contributed by atoms with Crippen LogP contribution >= 0.6 is 0 Å². The molecule has 0 radical (unpaired) electrons. The van der Waals surface area contributed by atoms with E-state index in [1.807, 2.05) is 18.2 Å². The van der Waals surface area contributed by atoms with Crippen molar-refractivity contribution in [1.29, 1.82) is 0 Å². The van der Waals surface area contributed by atoms with Gasteiger partial charge >= 0.3 is 5.97 Å². The average molecular weight is 418 g/mol. The molecule has 0 saturated carbocycles. The number of esters is 1. The Morgan fingerprint density at radius 1 is 1.06 bits per heavy atom. The zero-order valence-corrected chi connectivity index (χ0v) is 17.5. The summed E-state index contributed by atoms with van der Waals surface area (Å²) < 4.78 is 5.38. The Morgan fingerprint density at radius 3 is 2.48 bits per heavy atom. The van der Waals surface area contributed by atoms with Gasteiger partial charge in [0.25, 0.3) is 11.5 Å². The lowest BCUT2D eigenvalue weighted by Crippen LogP contribution is -2.44. The molecule has 3 aromatic rings. The minimum Gasteiger partial charge on any atom is -0.448 e. The number of fused-ring (bicyclic) bond motifs is 1. The first-order chi connectivity index (χ1) is 15.0. The summed E-state index contributed by atoms with van der Waals surface area (Å²) in [4.78, 5) is 41.8. The van der Waals surface area contributed by atoms with E-state index in [-0.39, 0.29) is 17.2 Å². The summed E-state index contributed by atoms with van der Waals surface area (Å²) in [5, 5.41) is 1.15. The van der Waals surface area contributed by atoms with Crippen LogP contribution in [0, 0.1) is 5.92 Å². The van der Waals surface area contributed by atoms with Gasteiger partial charge in [-0.05, 0) is 55.2 Å². The predicted molar refractivity (Wildman–Crippen MR) is 119 cm³/mol. The fraction of sp³-hybridized carbons (Fsp3) is 0.320. The molecule has 1 saturated heterocycles. The SMILES string of the molecule is CC(OC(=O)c1cc2ccccc2c(=O)[nH]1)C(=O)N1CCC(Cc2ccccc2)CC1. The molecule has 0 bridgehead atoms. The van der Waals surface area contributed by atoms with E-state index >= 15 is 0 Å². The van der Waals surface area contributed by atoms with E-state index in [9.17, 15) is 14.4 Å². The minimum absolute atomic E-state index is 0.0462. The summed E-state index contributed by atoms with van der Waals surface area (Å²) in [6.07, 6.45) is 1.97. The number of likely N-dealkylation sites (tertiary alicyclic amines) is 1.